The number of hydrogen-bond acceptors (Lipinski definition) is 5. The smallest absolute Gasteiger partial charge is 0.229 e. The lowest BCUT2D eigenvalue weighted by molar-refractivity contribution is 0.473. The molecular formula is C40H36N2O3. The van der Waals surface area contributed by atoms with Crippen LogP contribution in [0.15, 0.2) is 111 Å². The second-order valence-electron chi connectivity index (χ2n) is 13.8. The summed E-state index contributed by atoms with van der Waals surface area (Å²) < 4.78 is 12.9. The van der Waals surface area contributed by atoms with E-state index in [2.05, 4.69) is 84.0 Å². The number of furan rings is 1. The molecular weight excluding hydrogens is 556 g/mol. The molecule has 0 fully saturated rings. The van der Waals surface area contributed by atoms with Gasteiger partial charge in [-0.15, -0.1) is 0 Å². The maximum atomic E-state index is 10.7. The molecule has 224 valence electrons. The van der Waals surface area contributed by atoms with Crippen molar-refractivity contribution in [3.63, 3.8) is 0 Å². The molecule has 7 aromatic rings. The van der Waals surface area contributed by atoms with Crippen molar-refractivity contribution in [1.82, 2.24) is 4.98 Å². The molecule has 0 amide bonds. The molecule has 7 rings (SSSR count). The van der Waals surface area contributed by atoms with Crippen molar-refractivity contribution >= 4 is 44.7 Å². The van der Waals surface area contributed by atoms with Gasteiger partial charge >= 0.3 is 0 Å². The fraction of sp³-hybridized carbons (Fsp3) is 0.200. The molecule has 5 aromatic carbocycles. The summed E-state index contributed by atoms with van der Waals surface area (Å²) in [6.45, 7) is 13.0. The van der Waals surface area contributed by atoms with E-state index in [-0.39, 0.29) is 16.6 Å². The predicted molar refractivity (Wildman–Crippen MR) is 185 cm³/mol. The fourth-order valence-corrected chi connectivity index (χ4v) is 5.71. The van der Waals surface area contributed by atoms with Gasteiger partial charge in [-0.2, -0.15) is 0 Å². The van der Waals surface area contributed by atoms with Gasteiger partial charge in [-0.1, -0.05) is 96.1 Å². The van der Waals surface area contributed by atoms with Gasteiger partial charge in [0, 0.05) is 28.1 Å². The van der Waals surface area contributed by atoms with Gasteiger partial charge in [-0.05, 0) is 69.8 Å². The minimum atomic E-state index is -0.121. The molecule has 0 bridgehead atoms. The van der Waals surface area contributed by atoms with Crippen LogP contribution in [0.1, 0.15) is 58.2 Å². The summed E-state index contributed by atoms with van der Waals surface area (Å²) in [6.07, 6.45) is 1.73. The molecule has 5 heteroatoms. The average molecular weight is 593 g/mol. The summed E-state index contributed by atoms with van der Waals surface area (Å²) in [4.78, 5) is 10.1. The number of fused-ring (bicyclic) bond motifs is 3. The monoisotopic (exact) mass is 592 g/mol. The normalized spacial score (nSPS) is 12.7. The average Bonchev–Trinajstić information content (AvgIpc) is 3.63. The van der Waals surface area contributed by atoms with E-state index >= 15 is 0 Å². The Balaban J connectivity index is 1.43. The van der Waals surface area contributed by atoms with Crippen LogP contribution in [0.5, 0.6) is 5.75 Å². The molecule has 5 nitrogen and oxygen atoms in total. The lowest BCUT2D eigenvalue weighted by Gasteiger charge is -2.19. The third-order valence-corrected chi connectivity index (χ3v) is 8.41. The van der Waals surface area contributed by atoms with Gasteiger partial charge in [0.1, 0.15) is 22.6 Å². The van der Waals surface area contributed by atoms with E-state index in [9.17, 15) is 5.11 Å². The Morgan fingerprint density at radius 2 is 1.40 bits per heavy atom. The van der Waals surface area contributed by atoms with Crippen molar-refractivity contribution in [2.45, 2.75) is 52.4 Å². The van der Waals surface area contributed by atoms with E-state index in [1.165, 1.54) is 0 Å². The molecule has 0 radical (unpaired) electrons. The van der Waals surface area contributed by atoms with Crippen LogP contribution in [0, 0.1) is 0 Å². The maximum absolute atomic E-state index is 10.7. The molecule has 0 atom stereocenters. The minimum absolute atomic E-state index is 0.0669. The summed E-state index contributed by atoms with van der Waals surface area (Å²) in [6, 6.07) is 32.2. The highest BCUT2D eigenvalue weighted by Crippen LogP contribution is 2.42. The number of aromatic hydroxyl groups is 1. The van der Waals surface area contributed by atoms with Crippen molar-refractivity contribution in [1.29, 1.82) is 0 Å². The predicted octanol–water partition coefficient (Wildman–Crippen LogP) is 11.1. The van der Waals surface area contributed by atoms with Gasteiger partial charge < -0.3 is 13.9 Å². The van der Waals surface area contributed by atoms with Crippen LogP contribution in [0.2, 0.25) is 0 Å². The third kappa shape index (κ3) is 5.29. The van der Waals surface area contributed by atoms with E-state index in [0.29, 0.717) is 17.0 Å². The van der Waals surface area contributed by atoms with Crippen LogP contribution in [-0.2, 0) is 10.8 Å². The Kier molecular flexibility index (Phi) is 6.66. The Morgan fingerprint density at radius 3 is 2.16 bits per heavy atom. The maximum Gasteiger partial charge on any atom is 0.229 e. The first-order valence-corrected chi connectivity index (χ1v) is 15.3. The van der Waals surface area contributed by atoms with Crippen LogP contribution < -0.4 is 0 Å². The van der Waals surface area contributed by atoms with E-state index < -0.39 is 0 Å². The number of hydrogen-bond donors (Lipinski definition) is 1. The summed E-state index contributed by atoms with van der Waals surface area (Å²) in [5, 5.41) is 13.8. The van der Waals surface area contributed by atoms with Crippen molar-refractivity contribution in [3.8, 4) is 28.5 Å². The second-order valence-corrected chi connectivity index (χ2v) is 13.8. The van der Waals surface area contributed by atoms with E-state index in [4.69, 9.17) is 18.8 Å². The number of aromatic nitrogens is 1. The molecule has 0 saturated heterocycles. The SMILES string of the molecule is CC(C)(C)c1ccc(O)c(C=Nc2c(-c3nc4c(-c5cc6ccccc6o5)cc(C(C)(C)C)cc4o3)ccc3ccccc23)c1. The molecule has 45 heavy (non-hydrogen) atoms. The molecule has 0 saturated carbocycles. The Morgan fingerprint density at radius 1 is 0.667 bits per heavy atom. The van der Waals surface area contributed by atoms with Gasteiger partial charge in [0.15, 0.2) is 5.58 Å². The summed E-state index contributed by atoms with van der Waals surface area (Å²) in [5.41, 5.74) is 7.33. The van der Waals surface area contributed by atoms with Crippen molar-refractivity contribution in [2.24, 2.45) is 4.99 Å². The van der Waals surface area contributed by atoms with Crippen molar-refractivity contribution in [2.75, 3.05) is 0 Å². The highest BCUT2D eigenvalue weighted by atomic mass is 16.4. The van der Waals surface area contributed by atoms with Crippen LogP contribution in [-0.4, -0.2) is 16.3 Å². The zero-order valence-electron chi connectivity index (χ0n) is 26.5. The van der Waals surface area contributed by atoms with Crippen molar-refractivity contribution in [3.05, 3.63) is 114 Å². The number of benzene rings is 5. The molecule has 0 unspecified atom stereocenters. The number of rotatable bonds is 4. The minimum Gasteiger partial charge on any atom is -0.507 e. The zero-order valence-corrected chi connectivity index (χ0v) is 26.5. The Hall–Kier alpha value is -5.16. The topological polar surface area (TPSA) is 71.8 Å². The van der Waals surface area contributed by atoms with Gasteiger partial charge in [0.2, 0.25) is 5.89 Å². The summed E-state index contributed by atoms with van der Waals surface area (Å²) in [5.74, 6) is 1.40. The van der Waals surface area contributed by atoms with Crippen LogP contribution >= 0.6 is 0 Å². The second kappa shape index (κ2) is 10.5. The van der Waals surface area contributed by atoms with Gasteiger partial charge in [0.05, 0.1) is 11.3 Å². The van der Waals surface area contributed by atoms with Gasteiger partial charge in [-0.25, -0.2) is 4.98 Å². The number of nitrogens with zero attached hydrogens (tertiary/aromatic N) is 2. The number of aliphatic imine (C=N–C) groups is 1. The summed E-state index contributed by atoms with van der Waals surface area (Å²) >= 11 is 0. The van der Waals surface area contributed by atoms with Crippen LogP contribution in [0.25, 0.3) is 55.6 Å². The molecule has 2 aromatic heterocycles. The number of phenols is 1. The Bertz CT molecular complexity index is 2220. The third-order valence-electron chi connectivity index (χ3n) is 8.41. The first-order chi connectivity index (χ1) is 21.5. The molecule has 1 N–H and O–H groups in total. The van der Waals surface area contributed by atoms with E-state index in [0.717, 1.165) is 61.0 Å². The first-order valence-electron chi connectivity index (χ1n) is 15.3. The molecule has 0 spiro atoms. The standard InChI is InChI=1S/C40H36N2O3/c1-39(2,3)27-16-18-32(43)26(19-27)23-41-36-29-13-9-7-11-24(29)15-17-30(36)38-42-37-31(21-28(40(4,5)6)22-35(37)45-38)34-20-25-12-8-10-14-33(25)44-34/h7-23,43H,1-6H3. The lowest BCUT2D eigenvalue weighted by atomic mass is 9.85. The van der Waals surface area contributed by atoms with Crippen LogP contribution in [0.3, 0.4) is 0 Å². The van der Waals surface area contributed by atoms with Crippen LogP contribution in [0.4, 0.5) is 5.69 Å². The lowest BCUT2D eigenvalue weighted by Crippen LogP contribution is -2.11. The molecule has 2 heterocycles. The molecule has 0 aliphatic carbocycles. The Labute approximate surface area is 262 Å². The van der Waals surface area contributed by atoms with Gasteiger partial charge in [0.25, 0.3) is 0 Å². The zero-order chi connectivity index (χ0) is 31.5. The quantitative estimate of drug-likeness (QED) is 0.206. The molecule has 0 aliphatic rings. The number of phenolic OH excluding ortho intramolecular Hbond substituents is 1. The number of para-hydroxylation sites is 1. The largest absolute Gasteiger partial charge is 0.507 e. The highest BCUT2D eigenvalue weighted by Gasteiger charge is 2.23. The highest BCUT2D eigenvalue weighted by molar-refractivity contribution is 6.03. The first kappa shape index (κ1) is 28.6. The van der Waals surface area contributed by atoms with E-state index in [1.54, 1.807) is 12.3 Å². The molecule has 0 aliphatic heterocycles. The van der Waals surface area contributed by atoms with Crippen molar-refractivity contribution < 1.29 is 13.9 Å². The number of oxazole rings is 1. The summed E-state index contributed by atoms with van der Waals surface area (Å²) in [7, 11) is 0. The van der Waals surface area contributed by atoms with E-state index in [1.807, 2.05) is 48.5 Å². The fourth-order valence-electron chi connectivity index (χ4n) is 5.71. The van der Waals surface area contributed by atoms with Gasteiger partial charge in [-0.3, -0.25) is 4.99 Å².